The predicted octanol–water partition coefficient (Wildman–Crippen LogP) is 1.70. The number of nitrogens with zero attached hydrogens (tertiary/aromatic N) is 1. The normalized spacial score (nSPS) is 30.0. The fourth-order valence-electron chi connectivity index (χ4n) is 3.66. The maximum absolute atomic E-state index is 13.0. The molecule has 1 saturated heterocycles. The molecule has 2 fully saturated rings. The van der Waals surface area contributed by atoms with Crippen LogP contribution in [-0.2, 0) is 14.3 Å². The zero-order valence-corrected chi connectivity index (χ0v) is 15.6. The van der Waals surface area contributed by atoms with Crippen LogP contribution in [0, 0.1) is 5.92 Å². The molecule has 0 unspecified atom stereocenters. The van der Waals surface area contributed by atoms with Crippen molar-refractivity contribution in [1.29, 1.82) is 0 Å². The van der Waals surface area contributed by atoms with Gasteiger partial charge in [0.05, 0.1) is 17.7 Å². The molecule has 2 amide bonds. The number of nitrogens with one attached hydrogen (secondary N) is 1. The van der Waals surface area contributed by atoms with E-state index in [-0.39, 0.29) is 30.4 Å². The number of thiophene rings is 1. The first kappa shape index (κ1) is 18.4. The Balaban J connectivity index is 1.91. The van der Waals surface area contributed by atoms with Gasteiger partial charge in [-0.2, -0.15) is 0 Å². The lowest BCUT2D eigenvalue weighted by molar-refractivity contribution is -0.152. The molecule has 25 heavy (non-hydrogen) atoms. The lowest BCUT2D eigenvalue weighted by atomic mass is 9.79. The van der Waals surface area contributed by atoms with E-state index in [1.54, 1.807) is 18.3 Å². The second-order valence-corrected chi connectivity index (χ2v) is 8.18. The molecule has 0 bridgehead atoms. The van der Waals surface area contributed by atoms with Crippen LogP contribution in [0.5, 0.6) is 0 Å². The molecule has 6 nitrogen and oxygen atoms in total. The minimum absolute atomic E-state index is 0.0691. The van der Waals surface area contributed by atoms with E-state index in [4.69, 9.17) is 4.74 Å². The summed E-state index contributed by atoms with van der Waals surface area (Å²) in [5.41, 5.74) is -1.09. The summed E-state index contributed by atoms with van der Waals surface area (Å²) in [6, 6.07) is 2.99. The van der Waals surface area contributed by atoms with Crippen molar-refractivity contribution < 1.29 is 19.4 Å². The topological polar surface area (TPSA) is 78.9 Å². The number of carbonyl (C=O) groups is 2. The van der Waals surface area contributed by atoms with Crippen molar-refractivity contribution in [3.63, 3.8) is 0 Å². The number of likely N-dealkylation sites (tertiary alicyclic amines) is 1. The number of piperidine rings is 1. The number of hydrogen-bond donors (Lipinski definition) is 2. The van der Waals surface area contributed by atoms with Crippen molar-refractivity contribution >= 4 is 23.2 Å². The molecule has 1 aliphatic carbocycles. The molecule has 3 atom stereocenters. The summed E-state index contributed by atoms with van der Waals surface area (Å²) in [4.78, 5) is 28.0. The Hall–Kier alpha value is -1.44. The van der Waals surface area contributed by atoms with E-state index in [1.165, 1.54) is 7.11 Å². The average molecular weight is 366 g/mol. The highest BCUT2D eigenvalue weighted by atomic mass is 32.1. The van der Waals surface area contributed by atoms with Crippen molar-refractivity contribution in [1.82, 2.24) is 10.2 Å². The Morgan fingerprint density at radius 2 is 2.24 bits per heavy atom. The quantitative estimate of drug-likeness (QED) is 0.831. The number of rotatable bonds is 5. The summed E-state index contributed by atoms with van der Waals surface area (Å²) in [5.74, 6) is -0.0562. The van der Waals surface area contributed by atoms with Crippen molar-refractivity contribution in [2.24, 2.45) is 5.92 Å². The lowest BCUT2D eigenvalue weighted by Crippen LogP contribution is -2.64. The van der Waals surface area contributed by atoms with Gasteiger partial charge in [-0.15, -0.1) is 11.3 Å². The first-order valence-corrected chi connectivity index (χ1v) is 9.66. The smallest absolute Gasteiger partial charge is 0.246 e. The summed E-state index contributed by atoms with van der Waals surface area (Å²) >= 11 is 1.55. The minimum Gasteiger partial charge on any atom is -0.388 e. The van der Waals surface area contributed by atoms with Crippen molar-refractivity contribution in [3.8, 4) is 0 Å². The van der Waals surface area contributed by atoms with Crippen LogP contribution in [0.3, 0.4) is 0 Å². The maximum atomic E-state index is 13.0. The van der Waals surface area contributed by atoms with Gasteiger partial charge in [-0.05, 0) is 37.6 Å². The maximum Gasteiger partial charge on any atom is 0.246 e. The summed E-state index contributed by atoms with van der Waals surface area (Å²) in [6.45, 7) is 2.17. The number of methoxy groups -OCH3 is 1. The van der Waals surface area contributed by atoms with Gasteiger partial charge in [-0.1, -0.05) is 12.5 Å². The minimum atomic E-state index is -1.09. The third-order valence-electron chi connectivity index (χ3n) is 5.34. The van der Waals surface area contributed by atoms with Crippen molar-refractivity contribution in [2.45, 2.75) is 50.3 Å². The molecule has 1 aromatic heterocycles. The Morgan fingerprint density at radius 1 is 1.48 bits per heavy atom. The summed E-state index contributed by atoms with van der Waals surface area (Å²) in [7, 11) is 1.46. The van der Waals surface area contributed by atoms with E-state index in [2.05, 4.69) is 5.32 Å². The van der Waals surface area contributed by atoms with Crippen LogP contribution in [0.15, 0.2) is 17.5 Å². The molecule has 7 heteroatoms. The van der Waals surface area contributed by atoms with E-state index in [9.17, 15) is 14.7 Å². The van der Waals surface area contributed by atoms with Gasteiger partial charge in [0.15, 0.2) is 0 Å². The van der Waals surface area contributed by atoms with Crippen LogP contribution < -0.4 is 5.32 Å². The lowest BCUT2D eigenvalue weighted by Gasteiger charge is -2.50. The summed E-state index contributed by atoms with van der Waals surface area (Å²) in [5, 5.41) is 15.8. The molecule has 1 aliphatic heterocycles. The van der Waals surface area contributed by atoms with Gasteiger partial charge in [-0.3, -0.25) is 9.59 Å². The van der Waals surface area contributed by atoms with Gasteiger partial charge >= 0.3 is 0 Å². The largest absolute Gasteiger partial charge is 0.388 e. The van der Waals surface area contributed by atoms with Crippen LogP contribution in [0.2, 0.25) is 0 Å². The molecule has 2 heterocycles. The van der Waals surface area contributed by atoms with Crippen LogP contribution >= 0.6 is 11.3 Å². The van der Waals surface area contributed by atoms with Gasteiger partial charge in [0.25, 0.3) is 0 Å². The van der Waals surface area contributed by atoms with Crippen LogP contribution in [0.4, 0.5) is 0 Å². The van der Waals surface area contributed by atoms with E-state index < -0.39 is 11.6 Å². The fourth-order valence-corrected chi connectivity index (χ4v) is 4.53. The average Bonchev–Trinajstić information content (AvgIpc) is 3.01. The van der Waals surface area contributed by atoms with E-state index in [1.807, 2.05) is 22.4 Å². The Morgan fingerprint density at radius 3 is 2.80 bits per heavy atom. The van der Waals surface area contributed by atoms with Crippen LogP contribution in [-0.4, -0.2) is 53.7 Å². The summed E-state index contributed by atoms with van der Waals surface area (Å²) in [6.07, 6.45) is 3.40. The van der Waals surface area contributed by atoms with Crippen molar-refractivity contribution in [2.75, 3.05) is 20.3 Å². The zero-order chi connectivity index (χ0) is 18.0. The van der Waals surface area contributed by atoms with Crippen LogP contribution in [0.25, 0.3) is 0 Å². The molecule has 0 spiro atoms. The molecule has 0 radical (unpaired) electrons. The van der Waals surface area contributed by atoms with Crippen LogP contribution in [0.1, 0.15) is 43.5 Å². The zero-order valence-electron chi connectivity index (χ0n) is 14.7. The molecular formula is C18H26N2O4S. The number of carbonyl (C=O) groups excluding carboxylic acids is 2. The molecule has 1 aromatic rings. The van der Waals surface area contributed by atoms with Gasteiger partial charge in [0, 0.05) is 24.4 Å². The number of amides is 2. The molecule has 1 saturated carbocycles. The molecular weight excluding hydrogens is 340 g/mol. The molecule has 3 rings (SSSR count). The first-order valence-electron chi connectivity index (χ1n) is 8.78. The van der Waals surface area contributed by atoms with E-state index in [0.717, 1.165) is 24.1 Å². The standard InChI is InChI=1S/C18H26N2O4S/c1-18(23)8-9-20(17(22)12-5-3-6-12)15(13-7-4-10-25-13)16(18)19-14(21)11-24-2/h4,7,10,12,15-16,23H,3,5-6,8-9,11H2,1-2H3,(H,19,21)/t15-,16-,18+/m0/s1. The Bertz CT molecular complexity index is 613. The van der Waals surface area contributed by atoms with E-state index in [0.29, 0.717) is 13.0 Å². The highest BCUT2D eigenvalue weighted by Crippen LogP contribution is 2.41. The van der Waals surface area contributed by atoms with Gasteiger partial charge in [-0.25, -0.2) is 0 Å². The Labute approximate surface area is 152 Å². The molecule has 138 valence electrons. The highest BCUT2D eigenvalue weighted by molar-refractivity contribution is 7.10. The SMILES string of the molecule is COCC(=O)N[C@H]1[C@H](c2cccs2)N(C(=O)C2CCC2)CC[C@@]1(C)O. The van der Waals surface area contributed by atoms with E-state index >= 15 is 0 Å². The molecule has 2 aliphatic rings. The highest BCUT2D eigenvalue weighted by Gasteiger charge is 2.49. The molecule has 0 aromatic carbocycles. The Kier molecular flexibility index (Phi) is 5.46. The molecule has 2 N–H and O–H groups in total. The fraction of sp³-hybridized carbons (Fsp3) is 0.667. The number of aliphatic hydroxyl groups is 1. The van der Waals surface area contributed by atoms with Gasteiger partial charge in [0.2, 0.25) is 11.8 Å². The third-order valence-corrected chi connectivity index (χ3v) is 6.29. The summed E-state index contributed by atoms with van der Waals surface area (Å²) < 4.78 is 4.91. The first-order chi connectivity index (χ1) is 11.9. The number of ether oxygens (including phenoxy) is 1. The second-order valence-electron chi connectivity index (χ2n) is 7.21. The second kappa shape index (κ2) is 7.43. The van der Waals surface area contributed by atoms with Gasteiger partial charge < -0.3 is 20.1 Å². The third kappa shape index (κ3) is 3.73. The monoisotopic (exact) mass is 366 g/mol. The van der Waals surface area contributed by atoms with Crippen molar-refractivity contribution in [3.05, 3.63) is 22.4 Å². The van der Waals surface area contributed by atoms with Gasteiger partial charge in [0.1, 0.15) is 6.61 Å². The predicted molar refractivity (Wildman–Crippen MR) is 95.2 cm³/mol. The number of hydrogen-bond acceptors (Lipinski definition) is 5.